The van der Waals surface area contributed by atoms with Crippen LogP contribution in [0, 0.1) is 0 Å². The van der Waals surface area contributed by atoms with E-state index in [1.165, 1.54) is 10.6 Å². The molecule has 17 heavy (non-hydrogen) atoms. The van der Waals surface area contributed by atoms with Crippen molar-refractivity contribution in [3.63, 3.8) is 0 Å². The van der Waals surface area contributed by atoms with Crippen molar-refractivity contribution in [2.24, 2.45) is 0 Å². The van der Waals surface area contributed by atoms with Crippen LogP contribution in [0.1, 0.15) is 13.3 Å². The van der Waals surface area contributed by atoms with Gasteiger partial charge in [0.2, 0.25) is 0 Å². The first kappa shape index (κ1) is 14.1. The molecule has 1 aromatic carbocycles. The zero-order valence-electron chi connectivity index (χ0n) is 10.6. The number of anilines is 1. The summed E-state index contributed by atoms with van der Waals surface area (Å²) in [5.41, 5.74) is 1.20. The maximum Gasteiger partial charge on any atom is 0.0481 e. The Labute approximate surface area is 108 Å². The Kier molecular flexibility index (Phi) is 6.82. The Morgan fingerprint density at radius 2 is 2.24 bits per heavy atom. The van der Waals surface area contributed by atoms with Gasteiger partial charge >= 0.3 is 0 Å². The summed E-state index contributed by atoms with van der Waals surface area (Å²) >= 11 is 1.80. The van der Waals surface area contributed by atoms with E-state index in [-0.39, 0.29) is 0 Å². The lowest BCUT2D eigenvalue weighted by Crippen LogP contribution is -2.17. The number of para-hydroxylation sites is 1. The summed E-state index contributed by atoms with van der Waals surface area (Å²) in [5, 5.41) is 3.52. The molecule has 1 rings (SSSR count). The molecule has 0 saturated heterocycles. The largest absolute Gasteiger partial charge is 0.385 e. The van der Waals surface area contributed by atoms with Crippen LogP contribution in [0.3, 0.4) is 0 Å². The van der Waals surface area contributed by atoms with Gasteiger partial charge in [0.25, 0.3) is 0 Å². The SMILES string of the molecule is C=CCSc1ccccc1NC(C)CCOC. The zero-order chi connectivity index (χ0) is 12.5. The maximum atomic E-state index is 5.09. The average Bonchev–Trinajstić information content (AvgIpc) is 2.35. The van der Waals surface area contributed by atoms with Crippen molar-refractivity contribution in [2.45, 2.75) is 24.3 Å². The van der Waals surface area contributed by atoms with Crippen molar-refractivity contribution in [3.8, 4) is 0 Å². The van der Waals surface area contributed by atoms with Gasteiger partial charge in [0.05, 0.1) is 0 Å². The Morgan fingerprint density at radius 1 is 1.47 bits per heavy atom. The molecule has 0 aliphatic carbocycles. The highest BCUT2D eigenvalue weighted by molar-refractivity contribution is 7.99. The topological polar surface area (TPSA) is 21.3 Å². The number of benzene rings is 1. The number of thioether (sulfide) groups is 1. The van der Waals surface area contributed by atoms with Crippen LogP contribution in [-0.2, 0) is 4.74 Å². The number of hydrogen-bond acceptors (Lipinski definition) is 3. The van der Waals surface area contributed by atoms with Gasteiger partial charge in [0.15, 0.2) is 0 Å². The van der Waals surface area contributed by atoms with Gasteiger partial charge in [0, 0.05) is 36.1 Å². The third-order valence-corrected chi connectivity index (χ3v) is 3.47. The van der Waals surface area contributed by atoms with E-state index in [2.05, 4.69) is 43.1 Å². The molecule has 0 fully saturated rings. The first-order chi connectivity index (χ1) is 8.27. The fourth-order valence-corrected chi connectivity index (χ4v) is 2.25. The molecule has 0 aliphatic rings. The van der Waals surface area contributed by atoms with Gasteiger partial charge in [-0.15, -0.1) is 18.3 Å². The quantitative estimate of drug-likeness (QED) is 0.561. The molecule has 1 N–H and O–H groups in total. The number of ether oxygens (including phenoxy) is 1. The van der Waals surface area contributed by atoms with Gasteiger partial charge < -0.3 is 10.1 Å². The molecular formula is C14H21NOS. The van der Waals surface area contributed by atoms with E-state index in [9.17, 15) is 0 Å². The molecular weight excluding hydrogens is 230 g/mol. The second-order valence-corrected chi connectivity index (χ2v) is 4.98. The van der Waals surface area contributed by atoms with Gasteiger partial charge in [-0.25, -0.2) is 0 Å². The van der Waals surface area contributed by atoms with Crippen LogP contribution >= 0.6 is 11.8 Å². The van der Waals surface area contributed by atoms with Gasteiger partial charge in [-0.2, -0.15) is 0 Å². The summed E-state index contributed by atoms with van der Waals surface area (Å²) < 4.78 is 5.09. The molecule has 94 valence electrons. The predicted molar refractivity (Wildman–Crippen MR) is 76.9 cm³/mol. The van der Waals surface area contributed by atoms with Crippen molar-refractivity contribution < 1.29 is 4.74 Å². The first-order valence-electron chi connectivity index (χ1n) is 5.86. The molecule has 0 bridgehead atoms. The van der Waals surface area contributed by atoms with Crippen molar-refractivity contribution in [1.82, 2.24) is 0 Å². The average molecular weight is 251 g/mol. The lowest BCUT2D eigenvalue weighted by Gasteiger charge is -2.17. The number of nitrogens with one attached hydrogen (secondary N) is 1. The minimum Gasteiger partial charge on any atom is -0.385 e. The van der Waals surface area contributed by atoms with Crippen molar-refractivity contribution >= 4 is 17.4 Å². The highest BCUT2D eigenvalue weighted by atomic mass is 32.2. The zero-order valence-corrected chi connectivity index (χ0v) is 11.4. The molecule has 0 heterocycles. The number of hydrogen-bond donors (Lipinski definition) is 1. The van der Waals surface area contributed by atoms with E-state index in [1.54, 1.807) is 18.9 Å². The summed E-state index contributed by atoms with van der Waals surface area (Å²) in [6, 6.07) is 8.80. The van der Waals surface area contributed by atoms with Crippen LogP contribution in [0.15, 0.2) is 41.8 Å². The van der Waals surface area contributed by atoms with Gasteiger partial charge in [-0.3, -0.25) is 0 Å². The summed E-state index contributed by atoms with van der Waals surface area (Å²) in [4.78, 5) is 1.27. The van der Waals surface area contributed by atoms with Crippen molar-refractivity contribution in [2.75, 3.05) is 24.8 Å². The molecule has 1 unspecified atom stereocenters. The molecule has 1 atom stereocenters. The molecule has 0 aromatic heterocycles. The molecule has 0 aliphatic heterocycles. The minimum atomic E-state index is 0.417. The fourth-order valence-electron chi connectivity index (χ4n) is 1.49. The summed E-state index contributed by atoms with van der Waals surface area (Å²) in [5.74, 6) is 0.936. The minimum absolute atomic E-state index is 0.417. The first-order valence-corrected chi connectivity index (χ1v) is 6.84. The number of rotatable bonds is 8. The summed E-state index contributed by atoms with van der Waals surface area (Å²) in [6.45, 7) is 6.71. The van der Waals surface area contributed by atoms with Crippen LogP contribution in [0.5, 0.6) is 0 Å². The summed E-state index contributed by atoms with van der Waals surface area (Å²) in [7, 11) is 1.74. The van der Waals surface area contributed by atoms with E-state index >= 15 is 0 Å². The van der Waals surface area contributed by atoms with Crippen LogP contribution < -0.4 is 5.32 Å². The highest BCUT2D eigenvalue weighted by Crippen LogP contribution is 2.27. The lowest BCUT2D eigenvalue weighted by atomic mass is 10.2. The monoisotopic (exact) mass is 251 g/mol. The van der Waals surface area contributed by atoms with Crippen molar-refractivity contribution in [3.05, 3.63) is 36.9 Å². The van der Waals surface area contributed by atoms with Crippen LogP contribution in [0.2, 0.25) is 0 Å². The van der Waals surface area contributed by atoms with Gasteiger partial charge in [-0.1, -0.05) is 18.2 Å². The molecule has 2 nitrogen and oxygen atoms in total. The Hall–Kier alpha value is -0.930. The lowest BCUT2D eigenvalue weighted by molar-refractivity contribution is 0.191. The Morgan fingerprint density at radius 3 is 2.94 bits per heavy atom. The molecule has 0 spiro atoms. The maximum absolute atomic E-state index is 5.09. The predicted octanol–water partition coefficient (Wildman–Crippen LogP) is 3.80. The fraction of sp³-hybridized carbons (Fsp3) is 0.429. The van der Waals surface area contributed by atoms with E-state index < -0.39 is 0 Å². The molecule has 0 amide bonds. The van der Waals surface area contributed by atoms with Gasteiger partial charge in [0.1, 0.15) is 0 Å². The third-order valence-electron chi connectivity index (χ3n) is 2.40. The van der Waals surface area contributed by atoms with E-state index in [0.29, 0.717) is 6.04 Å². The van der Waals surface area contributed by atoms with E-state index in [1.807, 2.05) is 6.08 Å². The van der Waals surface area contributed by atoms with Crippen LogP contribution in [-0.4, -0.2) is 25.5 Å². The highest BCUT2D eigenvalue weighted by Gasteiger charge is 2.05. The van der Waals surface area contributed by atoms with Crippen LogP contribution in [0.25, 0.3) is 0 Å². The molecule has 3 heteroatoms. The van der Waals surface area contributed by atoms with Crippen LogP contribution in [0.4, 0.5) is 5.69 Å². The van der Waals surface area contributed by atoms with E-state index in [0.717, 1.165) is 18.8 Å². The summed E-state index contributed by atoms with van der Waals surface area (Å²) in [6.07, 6.45) is 2.94. The second-order valence-electron chi connectivity index (χ2n) is 3.92. The molecule has 0 radical (unpaired) electrons. The normalized spacial score (nSPS) is 12.1. The van der Waals surface area contributed by atoms with E-state index in [4.69, 9.17) is 4.74 Å². The molecule has 1 aromatic rings. The smallest absolute Gasteiger partial charge is 0.0481 e. The molecule has 0 saturated carbocycles. The Balaban J connectivity index is 2.59. The number of methoxy groups -OCH3 is 1. The van der Waals surface area contributed by atoms with Crippen molar-refractivity contribution in [1.29, 1.82) is 0 Å². The standard InChI is InChI=1S/C14H21NOS/c1-4-11-17-14-8-6-5-7-13(14)15-12(2)9-10-16-3/h4-8,12,15H,1,9-11H2,2-3H3. The third kappa shape index (κ3) is 5.29. The Bertz CT molecular complexity index is 341. The van der Waals surface area contributed by atoms with Gasteiger partial charge in [-0.05, 0) is 25.5 Å². The second kappa shape index (κ2) is 8.20.